The molecule has 0 aliphatic rings. The van der Waals surface area contributed by atoms with Crippen molar-refractivity contribution in [3.05, 3.63) is 29.8 Å². The Morgan fingerprint density at radius 2 is 1.85 bits per heavy atom. The van der Waals surface area contributed by atoms with E-state index in [1.54, 1.807) is 0 Å². The smallest absolute Gasteiger partial charge is 0.0431 e. The van der Waals surface area contributed by atoms with Crippen LogP contribution in [0.1, 0.15) is 24.8 Å². The first kappa shape index (κ1) is 10.1. The summed E-state index contributed by atoms with van der Waals surface area (Å²) in [5, 5.41) is 8.59. The Balaban J connectivity index is 2.32. The van der Waals surface area contributed by atoms with Gasteiger partial charge in [-0.1, -0.05) is 24.6 Å². The Morgan fingerprint density at radius 3 is 2.54 bits per heavy atom. The molecular formula is C11H17NO. The van der Waals surface area contributed by atoms with E-state index in [1.807, 2.05) is 18.2 Å². The second-order valence-electron chi connectivity index (χ2n) is 3.23. The molecule has 72 valence electrons. The molecule has 0 aromatic heterocycles. The summed E-state index contributed by atoms with van der Waals surface area (Å²) in [5.74, 6) is 0. The summed E-state index contributed by atoms with van der Waals surface area (Å²) in [4.78, 5) is 0. The van der Waals surface area contributed by atoms with Crippen molar-refractivity contribution in [2.24, 2.45) is 0 Å². The summed E-state index contributed by atoms with van der Waals surface area (Å²) in [6, 6.07) is 7.96. The topological polar surface area (TPSA) is 46.2 Å². The fourth-order valence-electron chi connectivity index (χ4n) is 1.37. The third-order valence-corrected chi connectivity index (χ3v) is 2.16. The van der Waals surface area contributed by atoms with E-state index >= 15 is 0 Å². The van der Waals surface area contributed by atoms with E-state index in [0.717, 1.165) is 31.4 Å². The number of nitrogens with two attached hydrogens (primary N) is 1. The van der Waals surface area contributed by atoms with Gasteiger partial charge in [-0.3, -0.25) is 0 Å². The molecule has 1 aromatic rings. The highest BCUT2D eigenvalue weighted by molar-refractivity contribution is 5.46. The number of aryl methyl sites for hydroxylation is 1. The van der Waals surface area contributed by atoms with Crippen molar-refractivity contribution in [1.82, 2.24) is 0 Å². The minimum absolute atomic E-state index is 0.296. The van der Waals surface area contributed by atoms with Crippen LogP contribution in [0.15, 0.2) is 24.3 Å². The van der Waals surface area contributed by atoms with Crippen LogP contribution in [0.25, 0.3) is 0 Å². The Labute approximate surface area is 79.4 Å². The largest absolute Gasteiger partial charge is 0.399 e. The number of aliphatic hydroxyl groups excluding tert-OH is 1. The van der Waals surface area contributed by atoms with Gasteiger partial charge in [0.25, 0.3) is 0 Å². The number of hydrogen-bond donors (Lipinski definition) is 2. The molecule has 0 fully saturated rings. The number of para-hydroxylation sites is 1. The van der Waals surface area contributed by atoms with Gasteiger partial charge in [-0.15, -0.1) is 0 Å². The van der Waals surface area contributed by atoms with Crippen molar-refractivity contribution in [3.63, 3.8) is 0 Å². The number of nitrogen functional groups attached to an aromatic ring is 1. The molecule has 0 amide bonds. The van der Waals surface area contributed by atoms with E-state index < -0.39 is 0 Å². The SMILES string of the molecule is Nc1ccccc1CCCCCO. The number of benzene rings is 1. The zero-order chi connectivity index (χ0) is 9.52. The third-order valence-electron chi connectivity index (χ3n) is 2.16. The van der Waals surface area contributed by atoms with Crippen molar-refractivity contribution in [1.29, 1.82) is 0 Å². The van der Waals surface area contributed by atoms with E-state index in [1.165, 1.54) is 5.56 Å². The lowest BCUT2D eigenvalue weighted by molar-refractivity contribution is 0.283. The van der Waals surface area contributed by atoms with Crippen molar-refractivity contribution >= 4 is 5.69 Å². The lowest BCUT2D eigenvalue weighted by Crippen LogP contribution is -1.94. The average Bonchev–Trinajstić information content (AvgIpc) is 2.15. The fraction of sp³-hybridized carbons (Fsp3) is 0.455. The molecule has 0 heterocycles. The monoisotopic (exact) mass is 179 g/mol. The van der Waals surface area contributed by atoms with Crippen LogP contribution in [0.2, 0.25) is 0 Å². The van der Waals surface area contributed by atoms with Gasteiger partial charge in [-0.25, -0.2) is 0 Å². The zero-order valence-electron chi connectivity index (χ0n) is 7.87. The lowest BCUT2D eigenvalue weighted by atomic mass is 10.1. The fourth-order valence-corrected chi connectivity index (χ4v) is 1.37. The van der Waals surface area contributed by atoms with Gasteiger partial charge >= 0.3 is 0 Å². The van der Waals surface area contributed by atoms with Gasteiger partial charge in [-0.2, -0.15) is 0 Å². The minimum Gasteiger partial charge on any atom is -0.399 e. The maximum atomic E-state index is 8.59. The molecule has 0 radical (unpaired) electrons. The number of rotatable bonds is 5. The first-order valence-electron chi connectivity index (χ1n) is 4.79. The molecule has 1 aromatic carbocycles. The van der Waals surface area contributed by atoms with E-state index in [9.17, 15) is 0 Å². The van der Waals surface area contributed by atoms with Gasteiger partial charge in [0.1, 0.15) is 0 Å². The number of anilines is 1. The molecule has 1 rings (SSSR count). The van der Waals surface area contributed by atoms with Gasteiger partial charge in [0.15, 0.2) is 0 Å². The van der Waals surface area contributed by atoms with Crippen molar-refractivity contribution < 1.29 is 5.11 Å². The van der Waals surface area contributed by atoms with Gasteiger partial charge in [0, 0.05) is 12.3 Å². The number of unbranched alkanes of at least 4 members (excludes halogenated alkanes) is 2. The molecule has 2 heteroatoms. The first-order chi connectivity index (χ1) is 6.34. The summed E-state index contributed by atoms with van der Waals surface area (Å²) < 4.78 is 0. The summed E-state index contributed by atoms with van der Waals surface area (Å²) in [7, 11) is 0. The van der Waals surface area contributed by atoms with E-state index in [0.29, 0.717) is 6.61 Å². The Kier molecular flexibility index (Phi) is 4.33. The van der Waals surface area contributed by atoms with Crippen molar-refractivity contribution in [2.45, 2.75) is 25.7 Å². The highest BCUT2D eigenvalue weighted by atomic mass is 16.2. The van der Waals surface area contributed by atoms with Gasteiger partial charge in [-0.05, 0) is 30.9 Å². The highest BCUT2D eigenvalue weighted by Crippen LogP contribution is 2.13. The molecule has 0 spiro atoms. The van der Waals surface area contributed by atoms with Crippen LogP contribution in [0.3, 0.4) is 0 Å². The molecule has 0 atom stereocenters. The molecule has 0 saturated carbocycles. The quantitative estimate of drug-likeness (QED) is 0.536. The molecule has 3 N–H and O–H groups in total. The second kappa shape index (κ2) is 5.60. The predicted octanol–water partition coefficient (Wildman–Crippen LogP) is 1.97. The molecule has 0 saturated heterocycles. The second-order valence-corrected chi connectivity index (χ2v) is 3.23. The molecule has 0 unspecified atom stereocenters. The van der Waals surface area contributed by atoms with Crippen molar-refractivity contribution in [3.8, 4) is 0 Å². The highest BCUT2D eigenvalue weighted by Gasteiger charge is 1.96. The summed E-state index contributed by atoms with van der Waals surface area (Å²) in [6.45, 7) is 0.296. The summed E-state index contributed by atoms with van der Waals surface area (Å²) in [6.07, 6.45) is 4.10. The van der Waals surface area contributed by atoms with Crippen LogP contribution in [-0.4, -0.2) is 11.7 Å². The maximum Gasteiger partial charge on any atom is 0.0431 e. The summed E-state index contributed by atoms with van der Waals surface area (Å²) in [5.41, 5.74) is 7.89. The molecule has 0 aliphatic heterocycles. The maximum absolute atomic E-state index is 8.59. The Bertz CT molecular complexity index is 248. The Hall–Kier alpha value is -1.02. The predicted molar refractivity (Wildman–Crippen MR) is 55.5 cm³/mol. The average molecular weight is 179 g/mol. The van der Waals surface area contributed by atoms with Crippen LogP contribution >= 0.6 is 0 Å². The van der Waals surface area contributed by atoms with Gasteiger partial charge < -0.3 is 10.8 Å². The molecule has 0 aliphatic carbocycles. The minimum atomic E-state index is 0.296. The standard InChI is InChI=1S/C11H17NO/c12-11-8-4-3-7-10(11)6-2-1-5-9-13/h3-4,7-8,13H,1-2,5-6,9,12H2. The van der Waals surface area contributed by atoms with Crippen LogP contribution in [0.4, 0.5) is 5.69 Å². The van der Waals surface area contributed by atoms with Gasteiger partial charge in [0.2, 0.25) is 0 Å². The first-order valence-corrected chi connectivity index (χ1v) is 4.79. The van der Waals surface area contributed by atoms with Crippen LogP contribution in [-0.2, 0) is 6.42 Å². The lowest BCUT2D eigenvalue weighted by Gasteiger charge is -2.03. The normalized spacial score (nSPS) is 10.2. The van der Waals surface area contributed by atoms with Crippen LogP contribution < -0.4 is 5.73 Å². The molecular weight excluding hydrogens is 162 g/mol. The van der Waals surface area contributed by atoms with Crippen LogP contribution in [0, 0.1) is 0 Å². The zero-order valence-corrected chi connectivity index (χ0v) is 7.87. The van der Waals surface area contributed by atoms with Gasteiger partial charge in [0.05, 0.1) is 0 Å². The van der Waals surface area contributed by atoms with E-state index in [-0.39, 0.29) is 0 Å². The molecule has 2 nitrogen and oxygen atoms in total. The molecule has 13 heavy (non-hydrogen) atoms. The summed E-state index contributed by atoms with van der Waals surface area (Å²) >= 11 is 0. The van der Waals surface area contributed by atoms with Crippen molar-refractivity contribution in [2.75, 3.05) is 12.3 Å². The third kappa shape index (κ3) is 3.47. The number of aliphatic hydroxyl groups is 1. The van der Waals surface area contributed by atoms with E-state index in [4.69, 9.17) is 10.8 Å². The van der Waals surface area contributed by atoms with E-state index in [2.05, 4.69) is 6.07 Å². The molecule has 0 bridgehead atoms. The van der Waals surface area contributed by atoms with Crippen LogP contribution in [0.5, 0.6) is 0 Å². The Morgan fingerprint density at radius 1 is 1.08 bits per heavy atom. The number of hydrogen-bond acceptors (Lipinski definition) is 2.